The van der Waals surface area contributed by atoms with Gasteiger partial charge in [0.1, 0.15) is 24.3 Å². The minimum absolute atomic E-state index is 0.108. The summed E-state index contributed by atoms with van der Waals surface area (Å²) in [5.41, 5.74) is 0.239. The zero-order chi connectivity index (χ0) is 15.9. The molecule has 0 bridgehead atoms. The summed E-state index contributed by atoms with van der Waals surface area (Å²) in [5.74, 6) is -2.77. The van der Waals surface area contributed by atoms with Gasteiger partial charge in [0.2, 0.25) is 0 Å². The van der Waals surface area contributed by atoms with Gasteiger partial charge in [-0.2, -0.15) is 0 Å². The highest BCUT2D eigenvalue weighted by Gasteiger charge is 2.47. The molecule has 2 fully saturated rings. The standard InChI is InChI=1S/C16H18F2O4/c1-16(2)21-8-10(22-16)7-20-15(19)13-6-11(13)12-5-9(17)3-4-14(12)18/h3-5,10-11,13H,6-8H2,1-2H3/t10-,11-,13-/m0/s1. The lowest BCUT2D eigenvalue weighted by Gasteiger charge is -2.17. The second-order valence-corrected chi connectivity index (χ2v) is 6.20. The largest absolute Gasteiger partial charge is 0.463 e. The van der Waals surface area contributed by atoms with Crippen molar-refractivity contribution in [2.45, 2.75) is 38.1 Å². The summed E-state index contributed by atoms with van der Waals surface area (Å²) < 4.78 is 43.0. The first-order valence-corrected chi connectivity index (χ1v) is 7.29. The molecule has 6 heteroatoms. The third kappa shape index (κ3) is 3.28. The fraction of sp³-hybridized carbons (Fsp3) is 0.562. The first-order chi connectivity index (χ1) is 10.4. The van der Waals surface area contributed by atoms with Crippen LogP contribution in [0.25, 0.3) is 0 Å². The molecule has 0 spiro atoms. The molecule has 22 heavy (non-hydrogen) atoms. The van der Waals surface area contributed by atoms with Gasteiger partial charge in [-0.3, -0.25) is 4.79 Å². The van der Waals surface area contributed by atoms with Gasteiger partial charge in [-0.15, -0.1) is 0 Å². The van der Waals surface area contributed by atoms with Crippen molar-refractivity contribution >= 4 is 5.97 Å². The van der Waals surface area contributed by atoms with Crippen LogP contribution in [0.5, 0.6) is 0 Å². The van der Waals surface area contributed by atoms with E-state index in [2.05, 4.69) is 0 Å². The number of carbonyl (C=O) groups is 1. The molecule has 1 aromatic carbocycles. The van der Waals surface area contributed by atoms with E-state index in [1.54, 1.807) is 13.8 Å². The van der Waals surface area contributed by atoms with Crippen LogP contribution >= 0.6 is 0 Å². The maximum absolute atomic E-state index is 13.7. The van der Waals surface area contributed by atoms with Gasteiger partial charge in [0.15, 0.2) is 5.79 Å². The molecule has 0 amide bonds. The zero-order valence-corrected chi connectivity index (χ0v) is 12.5. The molecule has 1 heterocycles. The van der Waals surface area contributed by atoms with Crippen LogP contribution in [0.1, 0.15) is 31.7 Å². The third-order valence-electron chi connectivity index (χ3n) is 3.93. The Labute approximate surface area is 127 Å². The molecule has 2 aliphatic rings. The lowest BCUT2D eigenvalue weighted by Crippen LogP contribution is -2.25. The average Bonchev–Trinajstić information content (AvgIpc) is 3.17. The van der Waals surface area contributed by atoms with Gasteiger partial charge in [0.25, 0.3) is 0 Å². The van der Waals surface area contributed by atoms with Crippen LogP contribution in [0.4, 0.5) is 8.78 Å². The van der Waals surface area contributed by atoms with Crippen molar-refractivity contribution in [3.8, 4) is 0 Å². The summed E-state index contributed by atoms with van der Waals surface area (Å²) in [4.78, 5) is 12.0. The Balaban J connectivity index is 1.52. The molecular weight excluding hydrogens is 294 g/mol. The number of hydrogen-bond acceptors (Lipinski definition) is 4. The molecule has 0 radical (unpaired) electrons. The predicted molar refractivity (Wildman–Crippen MR) is 73.1 cm³/mol. The van der Waals surface area contributed by atoms with E-state index in [1.807, 2.05) is 0 Å². The molecule has 3 atom stereocenters. The van der Waals surface area contributed by atoms with Gasteiger partial charge in [-0.25, -0.2) is 8.78 Å². The lowest BCUT2D eigenvalue weighted by molar-refractivity contribution is -0.159. The fourth-order valence-electron chi connectivity index (χ4n) is 2.73. The highest BCUT2D eigenvalue weighted by atomic mass is 19.1. The molecule has 1 aliphatic carbocycles. The summed E-state index contributed by atoms with van der Waals surface area (Å²) in [6.45, 7) is 4.06. The van der Waals surface area contributed by atoms with E-state index in [4.69, 9.17) is 14.2 Å². The van der Waals surface area contributed by atoms with Crippen LogP contribution in [0.3, 0.4) is 0 Å². The van der Waals surface area contributed by atoms with E-state index >= 15 is 0 Å². The quantitative estimate of drug-likeness (QED) is 0.802. The molecule has 1 aliphatic heterocycles. The number of ether oxygens (including phenoxy) is 3. The maximum Gasteiger partial charge on any atom is 0.309 e. The van der Waals surface area contributed by atoms with Gasteiger partial charge in [0.05, 0.1) is 12.5 Å². The number of benzene rings is 1. The van der Waals surface area contributed by atoms with E-state index in [1.165, 1.54) is 0 Å². The smallest absolute Gasteiger partial charge is 0.309 e. The normalized spacial score (nSPS) is 29.4. The number of esters is 1. The summed E-state index contributed by atoms with van der Waals surface area (Å²) >= 11 is 0. The van der Waals surface area contributed by atoms with E-state index < -0.39 is 29.3 Å². The summed E-state index contributed by atoms with van der Waals surface area (Å²) in [6, 6.07) is 3.29. The summed E-state index contributed by atoms with van der Waals surface area (Å²) in [5, 5.41) is 0. The van der Waals surface area contributed by atoms with Gasteiger partial charge in [-0.05, 0) is 44.0 Å². The van der Waals surface area contributed by atoms with E-state index in [-0.39, 0.29) is 24.2 Å². The number of hydrogen-bond donors (Lipinski definition) is 0. The molecule has 120 valence electrons. The number of rotatable bonds is 4. The molecule has 3 rings (SSSR count). The minimum atomic E-state index is -0.663. The average molecular weight is 312 g/mol. The monoisotopic (exact) mass is 312 g/mol. The van der Waals surface area contributed by atoms with Gasteiger partial charge < -0.3 is 14.2 Å². The first kappa shape index (κ1) is 15.4. The van der Waals surface area contributed by atoms with Crippen molar-refractivity contribution < 1.29 is 27.8 Å². The Morgan fingerprint density at radius 1 is 1.41 bits per heavy atom. The lowest BCUT2D eigenvalue weighted by atomic mass is 10.1. The van der Waals surface area contributed by atoms with Crippen molar-refractivity contribution in [3.63, 3.8) is 0 Å². The summed E-state index contributed by atoms with van der Waals surface area (Å²) in [7, 11) is 0. The Morgan fingerprint density at radius 2 is 2.18 bits per heavy atom. The SMILES string of the molecule is CC1(C)OC[C@H](COC(=O)[C@H]2C[C@H]2c2cc(F)ccc2F)O1. The van der Waals surface area contributed by atoms with Crippen LogP contribution in [-0.4, -0.2) is 31.1 Å². The van der Waals surface area contributed by atoms with Gasteiger partial charge >= 0.3 is 5.97 Å². The highest BCUT2D eigenvalue weighted by Crippen LogP contribution is 2.49. The molecule has 1 saturated heterocycles. The fourth-order valence-corrected chi connectivity index (χ4v) is 2.73. The molecule has 1 saturated carbocycles. The van der Waals surface area contributed by atoms with Crippen LogP contribution < -0.4 is 0 Å². The van der Waals surface area contributed by atoms with Gasteiger partial charge in [0, 0.05) is 5.92 Å². The van der Waals surface area contributed by atoms with E-state index in [0.29, 0.717) is 13.0 Å². The second kappa shape index (κ2) is 5.59. The zero-order valence-electron chi connectivity index (χ0n) is 12.5. The van der Waals surface area contributed by atoms with Crippen LogP contribution in [0, 0.1) is 17.6 Å². The first-order valence-electron chi connectivity index (χ1n) is 7.29. The Bertz CT molecular complexity index is 588. The van der Waals surface area contributed by atoms with E-state index in [0.717, 1.165) is 18.2 Å². The van der Waals surface area contributed by atoms with Crippen LogP contribution in [0.2, 0.25) is 0 Å². The number of carbonyl (C=O) groups excluding carboxylic acids is 1. The molecular formula is C16H18F2O4. The topological polar surface area (TPSA) is 44.8 Å². The van der Waals surface area contributed by atoms with Crippen LogP contribution in [0.15, 0.2) is 18.2 Å². The van der Waals surface area contributed by atoms with Crippen molar-refractivity contribution in [1.29, 1.82) is 0 Å². The number of halogens is 2. The van der Waals surface area contributed by atoms with Crippen molar-refractivity contribution in [1.82, 2.24) is 0 Å². The van der Waals surface area contributed by atoms with E-state index in [9.17, 15) is 13.6 Å². The third-order valence-corrected chi connectivity index (χ3v) is 3.93. The Kier molecular flexibility index (Phi) is 3.91. The predicted octanol–water partition coefficient (Wildman–Crippen LogP) is 2.76. The molecule has 0 N–H and O–H groups in total. The molecule has 1 aromatic rings. The molecule has 0 unspecified atom stereocenters. The van der Waals surface area contributed by atoms with Crippen molar-refractivity contribution in [2.75, 3.05) is 13.2 Å². The van der Waals surface area contributed by atoms with Crippen molar-refractivity contribution in [2.24, 2.45) is 5.92 Å². The minimum Gasteiger partial charge on any atom is -0.463 e. The maximum atomic E-state index is 13.7. The second-order valence-electron chi connectivity index (χ2n) is 6.20. The Hall–Kier alpha value is -1.53. The Morgan fingerprint density at radius 3 is 2.86 bits per heavy atom. The molecule has 4 nitrogen and oxygen atoms in total. The van der Waals surface area contributed by atoms with Crippen molar-refractivity contribution in [3.05, 3.63) is 35.4 Å². The highest BCUT2D eigenvalue weighted by molar-refractivity contribution is 5.77. The van der Waals surface area contributed by atoms with Crippen LogP contribution in [-0.2, 0) is 19.0 Å². The summed E-state index contributed by atoms with van der Waals surface area (Å²) in [6.07, 6.45) is 0.189. The van der Waals surface area contributed by atoms with Gasteiger partial charge in [-0.1, -0.05) is 0 Å². The molecule has 0 aromatic heterocycles.